The lowest BCUT2D eigenvalue weighted by Crippen LogP contribution is -2.20. The molecule has 4 nitrogen and oxygen atoms in total. The predicted molar refractivity (Wildman–Crippen MR) is 45.9 cm³/mol. The molecule has 0 aliphatic carbocycles. The molecule has 0 saturated carbocycles. The highest BCUT2D eigenvalue weighted by molar-refractivity contribution is 14.1. The van der Waals surface area contributed by atoms with Crippen molar-refractivity contribution in [1.82, 2.24) is 0 Å². The molecule has 0 aliphatic rings. The van der Waals surface area contributed by atoms with Crippen LogP contribution >= 0.6 is 22.6 Å². The van der Waals surface area contributed by atoms with Gasteiger partial charge in [0.2, 0.25) is 4.11 Å². The molecular weight excluding hydrogens is 263 g/mol. The highest BCUT2D eigenvalue weighted by atomic mass is 127. The van der Waals surface area contributed by atoms with E-state index in [9.17, 15) is 9.59 Å². The van der Waals surface area contributed by atoms with Gasteiger partial charge in [-0.15, -0.1) is 0 Å². The first-order valence-electron chi connectivity index (χ1n) is 2.70. The molecule has 5 heteroatoms. The number of esters is 2. The molecule has 0 aliphatic heterocycles. The minimum Gasteiger partial charge on any atom is -0.440 e. The zero-order valence-electron chi connectivity index (χ0n) is 5.87. The minimum absolute atomic E-state index is 0.523. The maximum Gasteiger partial charge on any atom is 0.362 e. The average Bonchev–Trinajstić information content (AvgIpc) is 1.86. The van der Waals surface area contributed by atoms with Crippen LogP contribution in [-0.2, 0) is 19.1 Å². The van der Waals surface area contributed by atoms with Gasteiger partial charge in [0.05, 0.1) is 6.26 Å². The molecule has 0 saturated heterocycles. The van der Waals surface area contributed by atoms with Gasteiger partial charge in [0, 0.05) is 6.92 Å². The van der Waals surface area contributed by atoms with Crippen LogP contribution in [0.2, 0.25) is 0 Å². The van der Waals surface area contributed by atoms with Crippen LogP contribution in [0.1, 0.15) is 6.92 Å². The van der Waals surface area contributed by atoms with Crippen molar-refractivity contribution in [2.75, 3.05) is 0 Å². The zero-order chi connectivity index (χ0) is 8.85. The largest absolute Gasteiger partial charge is 0.440 e. The second kappa shape index (κ2) is 5.11. The predicted octanol–water partition coefficient (Wildman–Crippen LogP) is 0.997. The summed E-state index contributed by atoms with van der Waals surface area (Å²) in [6.45, 7) is 4.39. The van der Waals surface area contributed by atoms with E-state index in [1.54, 1.807) is 22.6 Å². The van der Waals surface area contributed by atoms with Crippen LogP contribution in [0.3, 0.4) is 0 Å². The minimum atomic E-state index is -0.900. The van der Waals surface area contributed by atoms with E-state index in [-0.39, 0.29) is 0 Å². The lowest BCUT2D eigenvalue weighted by atomic mass is 10.7. The average molecular weight is 270 g/mol. The molecule has 0 radical (unpaired) electrons. The van der Waals surface area contributed by atoms with E-state index in [1.165, 1.54) is 6.92 Å². The molecule has 11 heavy (non-hydrogen) atoms. The molecule has 0 aromatic heterocycles. The van der Waals surface area contributed by atoms with E-state index in [4.69, 9.17) is 0 Å². The van der Waals surface area contributed by atoms with Crippen molar-refractivity contribution < 1.29 is 19.1 Å². The summed E-state index contributed by atoms with van der Waals surface area (Å²) in [5, 5.41) is 0. The fraction of sp³-hybridized carbons (Fsp3) is 0.333. The van der Waals surface area contributed by atoms with Crippen LogP contribution in [-0.4, -0.2) is 16.0 Å². The lowest BCUT2D eigenvalue weighted by molar-refractivity contribution is -0.155. The van der Waals surface area contributed by atoms with Crippen molar-refractivity contribution in [2.45, 2.75) is 11.0 Å². The molecule has 0 aromatic rings. The van der Waals surface area contributed by atoms with Crippen LogP contribution in [0.4, 0.5) is 0 Å². The van der Waals surface area contributed by atoms with Gasteiger partial charge in [-0.2, -0.15) is 0 Å². The Hall–Kier alpha value is -0.590. The number of carbonyl (C=O) groups is 2. The summed E-state index contributed by atoms with van der Waals surface area (Å²) in [4.78, 5) is 21.0. The Labute approximate surface area is 77.7 Å². The standard InChI is InChI=1S/C6H7IO4/c1-3-10-6(9)5(7)11-4(2)8/h3,5H,1H2,2H3. The van der Waals surface area contributed by atoms with Crippen LogP contribution < -0.4 is 0 Å². The summed E-state index contributed by atoms with van der Waals surface area (Å²) in [5.41, 5.74) is 0. The molecule has 0 bridgehead atoms. The monoisotopic (exact) mass is 270 g/mol. The number of hydrogen-bond acceptors (Lipinski definition) is 4. The summed E-state index contributed by atoms with van der Waals surface area (Å²) < 4.78 is 7.93. The van der Waals surface area contributed by atoms with Crippen molar-refractivity contribution in [3.8, 4) is 0 Å². The van der Waals surface area contributed by atoms with Gasteiger partial charge in [0.15, 0.2) is 0 Å². The normalized spacial score (nSPS) is 11.5. The number of hydrogen-bond donors (Lipinski definition) is 0. The maximum absolute atomic E-state index is 10.7. The first kappa shape index (κ1) is 10.4. The molecule has 0 N–H and O–H groups in total. The van der Waals surface area contributed by atoms with Gasteiger partial charge >= 0.3 is 11.9 Å². The Morgan fingerprint density at radius 2 is 2.18 bits per heavy atom. The molecular formula is C6H7IO4. The number of halogens is 1. The Morgan fingerprint density at radius 1 is 1.64 bits per heavy atom. The summed E-state index contributed by atoms with van der Waals surface area (Å²) in [7, 11) is 0. The first-order chi connectivity index (χ1) is 5.07. The summed E-state index contributed by atoms with van der Waals surface area (Å²) in [6, 6.07) is 0. The van der Waals surface area contributed by atoms with E-state index in [2.05, 4.69) is 16.1 Å². The van der Waals surface area contributed by atoms with Crippen molar-refractivity contribution in [3.63, 3.8) is 0 Å². The third-order valence-electron chi connectivity index (χ3n) is 0.654. The smallest absolute Gasteiger partial charge is 0.362 e. The van der Waals surface area contributed by atoms with Crippen molar-refractivity contribution in [1.29, 1.82) is 0 Å². The highest BCUT2D eigenvalue weighted by Gasteiger charge is 2.17. The molecule has 62 valence electrons. The fourth-order valence-corrected chi connectivity index (χ4v) is 0.834. The van der Waals surface area contributed by atoms with Crippen LogP contribution in [0.25, 0.3) is 0 Å². The van der Waals surface area contributed by atoms with Gasteiger partial charge in [0.25, 0.3) is 0 Å². The third kappa shape index (κ3) is 4.77. The molecule has 0 rings (SSSR count). The second-order valence-electron chi connectivity index (χ2n) is 1.53. The molecule has 0 heterocycles. The number of ether oxygens (including phenoxy) is 2. The van der Waals surface area contributed by atoms with Crippen LogP contribution in [0.5, 0.6) is 0 Å². The topological polar surface area (TPSA) is 52.6 Å². The molecule has 1 unspecified atom stereocenters. The molecule has 1 atom stereocenters. The molecule has 0 fully saturated rings. The quantitative estimate of drug-likeness (QED) is 0.332. The van der Waals surface area contributed by atoms with Crippen LogP contribution in [0.15, 0.2) is 12.8 Å². The Bertz CT molecular complexity index is 177. The lowest BCUT2D eigenvalue weighted by Gasteiger charge is -2.06. The number of alkyl halides is 1. The van der Waals surface area contributed by atoms with Gasteiger partial charge in [-0.3, -0.25) is 4.79 Å². The SMILES string of the molecule is C=COC(=O)C(I)OC(C)=O. The Kier molecular flexibility index (Phi) is 4.84. The second-order valence-corrected chi connectivity index (χ2v) is 2.66. The molecule has 0 amide bonds. The van der Waals surface area contributed by atoms with Gasteiger partial charge in [-0.05, 0) is 22.6 Å². The van der Waals surface area contributed by atoms with Crippen molar-refractivity contribution in [3.05, 3.63) is 12.8 Å². The molecule has 0 aromatic carbocycles. The fourth-order valence-electron chi connectivity index (χ4n) is 0.329. The maximum atomic E-state index is 10.7. The van der Waals surface area contributed by atoms with E-state index < -0.39 is 16.0 Å². The van der Waals surface area contributed by atoms with E-state index in [1.807, 2.05) is 0 Å². The number of rotatable bonds is 3. The van der Waals surface area contributed by atoms with E-state index in [0.29, 0.717) is 0 Å². The van der Waals surface area contributed by atoms with Gasteiger partial charge < -0.3 is 9.47 Å². The number of carbonyl (C=O) groups excluding carboxylic acids is 2. The van der Waals surface area contributed by atoms with E-state index in [0.717, 1.165) is 6.26 Å². The van der Waals surface area contributed by atoms with Crippen molar-refractivity contribution in [2.24, 2.45) is 0 Å². The zero-order valence-corrected chi connectivity index (χ0v) is 8.03. The summed E-state index contributed by atoms with van der Waals surface area (Å²) in [6.07, 6.45) is 0.984. The van der Waals surface area contributed by atoms with Gasteiger partial charge in [-0.25, -0.2) is 4.79 Å². The summed E-state index contributed by atoms with van der Waals surface area (Å²) >= 11 is 1.64. The summed E-state index contributed by atoms with van der Waals surface area (Å²) in [5.74, 6) is -1.17. The Morgan fingerprint density at radius 3 is 2.55 bits per heavy atom. The molecule has 0 spiro atoms. The highest BCUT2D eigenvalue weighted by Crippen LogP contribution is 2.05. The van der Waals surface area contributed by atoms with Gasteiger partial charge in [-0.1, -0.05) is 6.58 Å². The Balaban J connectivity index is 3.81. The van der Waals surface area contributed by atoms with E-state index >= 15 is 0 Å². The van der Waals surface area contributed by atoms with Crippen LogP contribution in [0, 0.1) is 0 Å². The first-order valence-corrected chi connectivity index (χ1v) is 3.95. The third-order valence-corrected chi connectivity index (χ3v) is 1.42. The van der Waals surface area contributed by atoms with Crippen molar-refractivity contribution >= 4 is 34.5 Å². The van der Waals surface area contributed by atoms with Gasteiger partial charge in [0.1, 0.15) is 0 Å².